The second-order valence-corrected chi connectivity index (χ2v) is 7.43. The van der Waals surface area contributed by atoms with E-state index >= 15 is 0 Å². The molecule has 152 valence electrons. The summed E-state index contributed by atoms with van der Waals surface area (Å²) in [5.41, 5.74) is 4.32. The summed E-state index contributed by atoms with van der Waals surface area (Å²) in [6.07, 6.45) is 7.04. The lowest BCUT2D eigenvalue weighted by atomic mass is 9.78. The number of methoxy groups -OCH3 is 1. The Morgan fingerprint density at radius 3 is 2.76 bits per heavy atom. The minimum atomic E-state index is -0.769. The number of allylic oxidation sites excluding steroid dienone is 2. The Balaban J connectivity index is 1.80. The predicted octanol–water partition coefficient (Wildman–Crippen LogP) is 5.13. The van der Waals surface area contributed by atoms with Crippen LogP contribution in [0.4, 0.5) is 0 Å². The Morgan fingerprint density at radius 1 is 1.28 bits per heavy atom. The van der Waals surface area contributed by atoms with Crippen LogP contribution in [-0.2, 0) is 9.39 Å². The van der Waals surface area contributed by atoms with E-state index in [1.807, 2.05) is 36.4 Å². The average molecular weight is 392 g/mol. The van der Waals surface area contributed by atoms with Gasteiger partial charge in [-0.1, -0.05) is 61.6 Å². The first-order chi connectivity index (χ1) is 14.0. The highest BCUT2D eigenvalue weighted by Crippen LogP contribution is 2.31. The Kier molecular flexibility index (Phi) is 7.31. The Bertz CT molecular complexity index is 932. The first kappa shape index (κ1) is 21.4. The Hall–Kier alpha value is -2.34. The fraction of sp³-hybridized carbons (Fsp3) is 0.333. The zero-order valence-corrected chi connectivity index (χ0v) is 17.2. The number of hydrogen-bond acceptors (Lipinski definition) is 4. The maximum Gasteiger partial charge on any atom is 0.458 e. The molecular weight excluding hydrogens is 363 g/mol. The molecule has 0 aliphatic carbocycles. The SMILES string of the molecule is C=C(COC)C1=CCB(O)OC1CC/C(=C/c1ccc(O)c2ccccc12)CC. The lowest BCUT2D eigenvalue weighted by molar-refractivity contribution is 0.176. The number of rotatable bonds is 8. The second kappa shape index (κ2) is 9.92. The summed E-state index contributed by atoms with van der Waals surface area (Å²) >= 11 is 0. The summed E-state index contributed by atoms with van der Waals surface area (Å²) in [5.74, 6) is 0.298. The van der Waals surface area contributed by atoms with E-state index in [0.29, 0.717) is 18.7 Å². The van der Waals surface area contributed by atoms with Gasteiger partial charge in [-0.3, -0.25) is 0 Å². The summed E-state index contributed by atoms with van der Waals surface area (Å²) in [6.45, 7) is 6.71. The normalized spacial score (nSPS) is 17.5. The van der Waals surface area contributed by atoms with Gasteiger partial charge >= 0.3 is 7.12 Å². The molecule has 2 N–H and O–H groups in total. The lowest BCUT2D eigenvalue weighted by Gasteiger charge is -2.28. The van der Waals surface area contributed by atoms with Crippen molar-refractivity contribution in [2.45, 2.75) is 38.6 Å². The van der Waals surface area contributed by atoms with Crippen LogP contribution in [0.25, 0.3) is 16.8 Å². The van der Waals surface area contributed by atoms with Crippen LogP contribution in [0.15, 0.2) is 65.8 Å². The molecular formula is C24H29BO4. The molecule has 0 saturated heterocycles. The van der Waals surface area contributed by atoms with Crippen molar-refractivity contribution in [2.24, 2.45) is 0 Å². The highest BCUT2D eigenvalue weighted by atomic mass is 16.5. The largest absolute Gasteiger partial charge is 0.507 e. The van der Waals surface area contributed by atoms with Gasteiger partial charge in [0.25, 0.3) is 0 Å². The van der Waals surface area contributed by atoms with Gasteiger partial charge in [0, 0.05) is 18.8 Å². The summed E-state index contributed by atoms with van der Waals surface area (Å²) < 4.78 is 11.0. The summed E-state index contributed by atoms with van der Waals surface area (Å²) in [4.78, 5) is 0. The number of fused-ring (bicyclic) bond motifs is 1. The molecule has 0 spiro atoms. The molecule has 1 aliphatic heterocycles. The lowest BCUT2D eigenvalue weighted by Crippen LogP contribution is -2.32. The zero-order valence-electron chi connectivity index (χ0n) is 17.2. The topological polar surface area (TPSA) is 58.9 Å². The molecule has 2 aromatic carbocycles. The van der Waals surface area contributed by atoms with E-state index in [-0.39, 0.29) is 6.10 Å². The highest BCUT2D eigenvalue weighted by Gasteiger charge is 2.28. The maximum atomic E-state index is 10.1. The number of phenols is 1. The van der Waals surface area contributed by atoms with Crippen molar-refractivity contribution in [3.63, 3.8) is 0 Å². The second-order valence-electron chi connectivity index (χ2n) is 7.43. The molecule has 0 bridgehead atoms. The van der Waals surface area contributed by atoms with E-state index < -0.39 is 7.12 Å². The molecule has 0 amide bonds. The van der Waals surface area contributed by atoms with Crippen LogP contribution in [0.3, 0.4) is 0 Å². The van der Waals surface area contributed by atoms with E-state index in [4.69, 9.17) is 9.39 Å². The zero-order chi connectivity index (χ0) is 20.8. The first-order valence-corrected chi connectivity index (χ1v) is 10.1. The molecule has 5 heteroatoms. The standard InChI is InChI=1S/C24H29BO4/c1-4-18(15-19-10-11-23(26)22-8-6-5-7-21(19)22)9-12-24-20(17(2)16-28-3)13-14-25(27)29-24/h5-8,10-11,13,15,24,26-27H,2,4,9,12,14,16H2,1,3H3/b18-15+. The number of aromatic hydroxyl groups is 1. The van der Waals surface area contributed by atoms with Crippen molar-refractivity contribution >= 4 is 24.0 Å². The van der Waals surface area contributed by atoms with Gasteiger partial charge in [0.1, 0.15) is 5.75 Å². The van der Waals surface area contributed by atoms with E-state index in [0.717, 1.165) is 46.7 Å². The molecule has 1 aliphatic rings. The van der Waals surface area contributed by atoms with E-state index in [2.05, 4.69) is 19.6 Å². The van der Waals surface area contributed by atoms with Crippen molar-refractivity contribution in [3.05, 3.63) is 71.3 Å². The quantitative estimate of drug-likeness (QED) is 0.612. The van der Waals surface area contributed by atoms with E-state index in [1.165, 1.54) is 5.57 Å². The molecule has 0 aromatic heterocycles. The third-order valence-electron chi connectivity index (χ3n) is 5.41. The molecule has 0 fully saturated rings. The van der Waals surface area contributed by atoms with Crippen LogP contribution in [0.5, 0.6) is 5.75 Å². The maximum absolute atomic E-state index is 10.1. The molecule has 0 radical (unpaired) electrons. The minimum Gasteiger partial charge on any atom is -0.507 e. The summed E-state index contributed by atoms with van der Waals surface area (Å²) in [7, 11) is 0.883. The predicted molar refractivity (Wildman–Crippen MR) is 120 cm³/mol. The van der Waals surface area contributed by atoms with Gasteiger partial charge in [-0.2, -0.15) is 0 Å². The van der Waals surface area contributed by atoms with Crippen molar-refractivity contribution in [2.75, 3.05) is 13.7 Å². The van der Waals surface area contributed by atoms with Gasteiger partial charge in [0.05, 0.1) is 12.7 Å². The first-order valence-electron chi connectivity index (χ1n) is 10.1. The minimum absolute atomic E-state index is 0.187. The van der Waals surface area contributed by atoms with Gasteiger partial charge in [0.15, 0.2) is 0 Å². The van der Waals surface area contributed by atoms with Crippen LogP contribution in [0.2, 0.25) is 6.32 Å². The number of ether oxygens (including phenoxy) is 1. The van der Waals surface area contributed by atoms with Crippen molar-refractivity contribution in [3.8, 4) is 5.75 Å². The smallest absolute Gasteiger partial charge is 0.458 e. The van der Waals surface area contributed by atoms with Crippen LogP contribution in [0, 0.1) is 0 Å². The molecule has 3 rings (SSSR count). The van der Waals surface area contributed by atoms with Crippen molar-refractivity contribution in [1.29, 1.82) is 0 Å². The third kappa shape index (κ3) is 5.18. The number of benzene rings is 2. The monoisotopic (exact) mass is 392 g/mol. The fourth-order valence-electron chi connectivity index (χ4n) is 3.85. The summed E-state index contributed by atoms with van der Waals surface area (Å²) in [5, 5.41) is 22.0. The molecule has 0 saturated carbocycles. The van der Waals surface area contributed by atoms with Crippen molar-refractivity contribution < 1.29 is 19.5 Å². The Morgan fingerprint density at radius 2 is 2.03 bits per heavy atom. The van der Waals surface area contributed by atoms with Gasteiger partial charge in [-0.15, -0.1) is 0 Å². The van der Waals surface area contributed by atoms with Gasteiger partial charge in [-0.05, 0) is 47.4 Å². The van der Waals surface area contributed by atoms with Crippen LogP contribution in [-0.4, -0.2) is 37.1 Å². The van der Waals surface area contributed by atoms with Gasteiger partial charge < -0.3 is 19.5 Å². The summed E-state index contributed by atoms with van der Waals surface area (Å²) in [6, 6.07) is 11.6. The average Bonchev–Trinajstić information content (AvgIpc) is 2.73. The Labute approximate surface area is 173 Å². The molecule has 2 aromatic rings. The third-order valence-corrected chi connectivity index (χ3v) is 5.41. The molecule has 1 atom stereocenters. The van der Waals surface area contributed by atoms with Crippen LogP contribution < -0.4 is 0 Å². The number of phenolic OH excluding ortho intramolecular Hbond substituents is 1. The van der Waals surface area contributed by atoms with Crippen molar-refractivity contribution in [1.82, 2.24) is 0 Å². The molecule has 29 heavy (non-hydrogen) atoms. The van der Waals surface area contributed by atoms with Gasteiger partial charge in [-0.25, -0.2) is 0 Å². The molecule has 1 unspecified atom stereocenters. The van der Waals surface area contributed by atoms with Crippen LogP contribution in [0.1, 0.15) is 31.7 Å². The molecule has 4 nitrogen and oxygen atoms in total. The van der Waals surface area contributed by atoms with Gasteiger partial charge in [0.2, 0.25) is 0 Å². The van der Waals surface area contributed by atoms with E-state index in [9.17, 15) is 10.1 Å². The van der Waals surface area contributed by atoms with Crippen LogP contribution >= 0.6 is 0 Å². The fourth-order valence-corrected chi connectivity index (χ4v) is 3.85. The molecule has 1 heterocycles. The van der Waals surface area contributed by atoms with E-state index in [1.54, 1.807) is 13.2 Å². The number of hydrogen-bond donors (Lipinski definition) is 2. The highest BCUT2D eigenvalue weighted by molar-refractivity contribution is 6.43.